The van der Waals surface area contributed by atoms with Crippen LogP contribution in [0.2, 0.25) is 0 Å². The summed E-state index contributed by atoms with van der Waals surface area (Å²) in [5.41, 5.74) is -6.45. The highest BCUT2D eigenvalue weighted by Crippen LogP contribution is 2.71. The van der Waals surface area contributed by atoms with Crippen molar-refractivity contribution >= 4 is 29.5 Å². The van der Waals surface area contributed by atoms with Crippen LogP contribution in [0.25, 0.3) is 0 Å². The predicted octanol–water partition coefficient (Wildman–Crippen LogP) is 4.87. The number of aliphatic hydroxyl groups is 1. The van der Waals surface area contributed by atoms with Gasteiger partial charge < -0.3 is 9.84 Å². The number of thiol groups is 1. The van der Waals surface area contributed by atoms with Crippen LogP contribution < -0.4 is 0 Å². The number of carbonyl (C=O) groups excluding carboxylic acids is 3. The van der Waals surface area contributed by atoms with E-state index in [1.54, 1.807) is 20.8 Å². The van der Waals surface area contributed by atoms with E-state index in [4.69, 9.17) is 4.74 Å². The van der Waals surface area contributed by atoms with Gasteiger partial charge in [0.2, 0.25) is 5.12 Å². The Kier molecular flexibility index (Phi) is 6.15. The zero-order chi connectivity index (χ0) is 26.3. The minimum Gasteiger partial charge on any atom is -0.449 e. The summed E-state index contributed by atoms with van der Waals surface area (Å²) in [4.78, 5) is 38.6. The average molecular weight is 523 g/mol. The van der Waals surface area contributed by atoms with Crippen LogP contribution in [0, 0.1) is 34.5 Å². The number of ether oxygens (including phenoxy) is 1. The van der Waals surface area contributed by atoms with E-state index in [2.05, 4.69) is 12.6 Å². The number of carbonyl (C=O) groups is 3. The molecule has 5 nitrogen and oxygen atoms in total. The Bertz CT molecular complexity index is 1050. The molecule has 0 radical (unpaired) electrons. The number of hydrogen-bond donors (Lipinski definition) is 2. The molecule has 5 aliphatic rings. The molecule has 198 valence electrons. The van der Waals surface area contributed by atoms with E-state index in [-0.39, 0.29) is 24.3 Å². The molecule has 0 spiro atoms. The quantitative estimate of drug-likeness (QED) is 0.408. The van der Waals surface area contributed by atoms with Crippen molar-refractivity contribution in [2.45, 2.75) is 95.7 Å². The Labute approximate surface area is 216 Å². The number of allylic oxidation sites excluding steroid dienone is 4. The average Bonchev–Trinajstić information content (AvgIpc) is 3.05. The molecule has 0 bridgehead atoms. The second-order valence-electron chi connectivity index (χ2n) is 12.3. The monoisotopic (exact) mass is 522 g/mol. The topological polar surface area (TPSA) is 80.7 Å². The summed E-state index contributed by atoms with van der Waals surface area (Å²) < 4.78 is 39.1. The molecule has 5 aliphatic carbocycles. The highest BCUT2D eigenvalue weighted by atomic mass is 32.1. The van der Waals surface area contributed by atoms with Crippen LogP contribution in [-0.4, -0.2) is 45.5 Å². The lowest BCUT2D eigenvalue weighted by molar-refractivity contribution is -0.230. The van der Waals surface area contributed by atoms with Gasteiger partial charge in [-0.25, -0.2) is 8.78 Å². The van der Waals surface area contributed by atoms with Crippen LogP contribution in [0.5, 0.6) is 0 Å². The Morgan fingerprint density at radius 2 is 1.81 bits per heavy atom. The fourth-order valence-corrected chi connectivity index (χ4v) is 9.34. The van der Waals surface area contributed by atoms with Crippen LogP contribution >= 0.6 is 12.6 Å². The highest BCUT2D eigenvalue weighted by molar-refractivity contribution is 7.96. The summed E-state index contributed by atoms with van der Waals surface area (Å²) in [5.74, 6) is -3.08. The lowest BCUT2D eigenvalue weighted by Gasteiger charge is -2.63. The lowest BCUT2D eigenvalue weighted by Crippen LogP contribution is -2.70. The molecule has 0 saturated heterocycles. The van der Waals surface area contributed by atoms with Gasteiger partial charge >= 0.3 is 5.97 Å². The molecule has 4 fully saturated rings. The zero-order valence-electron chi connectivity index (χ0n) is 21.1. The highest BCUT2D eigenvalue weighted by Gasteiger charge is 2.78. The van der Waals surface area contributed by atoms with Gasteiger partial charge in [-0.1, -0.05) is 39.2 Å². The number of ketones is 1. The van der Waals surface area contributed by atoms with Crippen molar-refractivity contribution < 1.29 is 33.0 Å². The summed E-state index contributed by atoms with van der Waals surface area (Å²) >= 11 is 4.21. The van der Waals surface area contributed by atoms with Gasteiger partial charge in [0, 0.05) is 22.7 Å². The minimum atomic E-state index is -2.24. The first-order valence-corrected chi connectivity index (χ1v) is 13.7. The van der Waals surface area contributed by atoms with Gasteiger partial charge in [0.15, 0.2) is 17.1 Å². The van der Waals surface area contributed by atoms with Crippen molar-refractivity contribution in [2.75, 3.05) is 0 Å². The Hall–Kier alpha value is -1.54. The van der Waals surface area contributed by atoms with E-state index in [1.807, 2.05) is 0 Å². The number of rotatable bonds is 3. The fraction of sp³-hybridized carbons (Fsp3) is 0.750. The van der Waals surface area contributed by atoms with Gasteiger partial charge in [-0.05, 0) is 62.7 Å². The predicted molar refractivity (Wildman–Crippen MR) is 133 cm³/mol. The number of aliphatic hydroxyl groups excluding tert-OH is 1. The number of esters is 1. The van der Waals surface area contributed by atoms with E-state index in [1.165, 1.54) is 12.2 Å². The molecular formula is C28H36F2O5S. The molecular weight excluding hydrogens is 486 g/mol. The third kappa shape index (κ3) is 3.18. The van der Waals surface area contributed by atoms with Crippen LogP contribution in [0.3, 0.4) is 0 Å². The molecule has 0 unspecified atom stereocenters. The van der Waals surface area contributed by atoms with E-state index in [0.717, 1.165) is 25.3 Å². The SMILES string of the molecule is C[C@@H]1C[C@H]2[C@@H]3C[C@H](F)C4=CC(=O)C=C[C@]4(C)[C@@]3(F)[C@@H](O)C[C@]2(C)[C@]1(OC(=O)C1CCCCC1)C(=O)S. The molecule has 0 aromatic heterocycles. The maximum Gasteiger partial charge on any atom is 0.309 e. The Balaban J connectivity index is 1.58. The lowest BCUT2D eigenvalue weighted by atomic mass is 9.44. The van der Waals surface area contributed by atoms with Crippen molar-refractivity contribution in [3.05, 3.63) is 23.8 Å². The molecule has 0 heterocycles. The summed E-state index contributed by atoms with van der Waals surface area (Å²) in [6, 6.07) is 0. The molecule has 0 aromatic carbocycles. The molecule has 9 atom stereocenters. The largest absolute Gasteiger partial charge is 0.449 e. The van der Waals surface area contributed by atoms with Gasteiger partial charge in [0.25, 0.3) is 0 Å². The first-order chi connectivity index (χ1) is 16.8. The number of fused-ring (bicyclic) bond motifs is 5. The van der Waals surface area contributed by atoms with E-state index in [0.29, 0.717) is 19.3 Å². The molecule has 36 heavy (non-hydrogen) atoms. The van der Waals surface area contributed by atoms with Crippen LogP contribution in [0.1, 0.15) is 72.1 Å². The first kappa shape index (κ1) is 26.1. The van der Waals surface area contributed by atoms with Gasteiger partial charge in [-0.2, -0.15) is 0 Å². The van der Waals surface area contributed by atoms with Crippen molar-refractivity contribution in [3.63, 3.8) is 0 Å². The smallest absolute Gasteiger partial charge is 0.309 e. The fourth-order valence-electron chi connectivity index (χ4n) is 8.82. The van der Waals surface area contributed by atoms with Crippen molar-refractivity contribution in [3.8, 4) is 0 Å². The van der Waals surface area contributed by atoms with Crippen molar-refractivity contribution in [1.82, 2.24) is 0 Å². The first-order valence-electron chi connectivity index (χ1n) is 13.3. The number of alkyl halides is 2. The normalized spacial score (nSPS) is 48.5. The van der Waals surface area contributed by atoms with Crippen LogP contribution in [-0.2, 0) is 19.1 Å². The summed E-state index contributed by atoms with van der Waals surface area (Å²) in [7, 11) is 0. The molecule has 0 aromatic rings. The Morgan fingerprint density at radius 3 is 2.44 bits per heavy atom. The summed E-state index contributed by atoms with van der Waals surface area (Å²) in [6.07, 6.45) is 4.97. The van der Waals surface area contributed by atoms with Gasteiger partial charge in [-0.3, -0.25) is 14.4 Å². The maximum atomic E-state index is 17.3. The van der Waals surface area contributed by atoms with E-state index in [9.17, 15) is 19.5 Å². The minimum absolute atomic E-state index is 0.0581. The Morgan fingerprint density at radius 1 is 1.14 bits per heavy atom. The molecule has 8 heteroatoms. The molecule has 5 rings (SSSR count). The third-order valence-corrected chi connectivity index (χ3v) is 11.0. The third-order valence-electron chi connectivity index (χ3n) is 10.7. The molecule has 1 N–H and O–H groups in total. The van der Waals surface area contributed by atoms with Crippen molar-refractivity contribution in [2.24, 2.45) is 34.5 Å². The second kappa shape index (κ2) is 8.48. The molecule has 4 saturated carbocycles. The van der Waals surface area contributed by atoms with Gasteiger partial charge in [0.1, 0.15) is 6.17 Å². The van der Waals surface area contributed by atoms with E-state index >= 15 is 8.78 Å². The standard InChI is InChI=1S/C28H36F2O5S/c1-15-11-18-19-13-21(29)20-12-17(31)9-10-25(20,2)27(19,30)22(32)14-26(18,3)28(15,24(34)36)35-23(33)16-7-5-4-6-8-16/h9-10,12,15-16,18-19,21-22,32H,4-8,11,13-14H2,1-3H3,(H,34,36)/t15-,18+,19+,21+,22+,25+,26+,27+,28-/m1/s1. The van der Waals surface area contributed by atoms with Gasteiger partial charge in [0.05, 0.1) is 12.0 Å². The van der Waals surface area contributed by atoms with Crippen LogP contribution in [0.4, 0.5) is 8.78 Å². The maximum absolute atomic E-state index is 17.3. The van der Waals surface area contributed by atoms with Crippen molar-refractivity contribution in [1.29, 1.82) is 0 Å². The molecule has 0 aliphatic heterocycles. The number of hydrogen-bond acceptors (Lipinski definition) is 5. The molecule has 0 amide bonds. The van der Waals surface area contributed by atoms with Crippen LogP contribution in [0.15, 0.2) is 23.8 Å². The number of halogens is 2. The second-order valence-corrected chi connectivity index (χ2v) is 12.7. The van der Waals surface area contributed by atoms with Gasteiger partial charge in [-0.15, -0.1) is 12.6 Å². The summed E-state index contributed by atoms with van der Waals surface area (Å²) in [6.45, 7) is 5.12. The zero-order valence-corrected chi connectivity index (χ0v) is 22.0. The van der Waals surface area contributed by atoms with E-state index < -0.39 is 69.0 Å². The summed E-state index contributed by atoms with van der Waals surface area (Å²) in [5, 5.41) is 10.9.